The van der Waals surface area contributed by atoms with E-state index in [1.54, 1.807) is 7.05 Å². The molecular weight excluding hydrogens is 335 g/mol. The highest BCUT2D eigenvalue weighted by Gasteiger charge is 2.32. The molecule has 0 amide bonds. The van der Waals surface area contributed by atoms with Gasteiger partial charge in [0.25, 0.3) is 0 Å². The van der Waals surface area contributed by atoms with Crippen LogP contribution in [0, 0.1) is 0 Å². The SMILES string of the molecule is CN=C(NCCNc1nccc(C(F)(F)F)n1)NCCn1cccc1. The molecule has 10 heteroatoms. The summed E-state index contributed by atoms with van der Waals surface area (Å²) in [5.41, 5.74) is -0.972. The molecule has 0 saturated heterocycles. The first-order valence-corrected chi connectivity index (χ1v) is 7.68. The van der Waals surface area contributed by atoms with Gasteiger partial charge in [-0.05, 0) is 18.2 Å². The number of nitrogens with one attached hydrogen (secondary N) is 3. The first-order valence-electron chi connectivity index (χ1n) is 7.68. The van der Waals surface area contributed by atoms with Crippen LogP contribution in [0.1, 0.15) is 5.69 Å². The van der Waals surface area contributed by atoms with Crippen molar-refractivity contribution >= 4 is 11.9 Å². The van der Waals surface area contributed by atoms with Gasteiger partial charge >= 0.3 is 6.18 Å². The first-order chi connectivity index (χ1) is 12.0. The minimum absolute atomic E-state index is 0.0628. The van der Waals surface area contributed by atoms with Crippen LogP contribution in [-0.4, -0.2) is 47.2 Å². The summed E-state index contributed by atoms with van der Waals surface area (Å²) in [6, 6.07) is 4.74. The Bertz CT molecular complexity index is 668. The molecular formula is C15H20F3N7. The lowest BCUT2D eigenvalue weighted by Crippen LogP contribution is -2.40. The number of hydrogen-bond acceptors (Lipinski definition) is 4. The van der Waals surface area contributed by atoms with Crippen molar-refractivity contribution in [3.05, 3.63) is 42.5 Å². The standard InChI is InChI=1S/C15H20F3N7/c1-19-13(23-8-11-25-9-2-3-10-25)21-6-7-22-14-20-5-4-12(24-14)15(16,17)18/h2-5,9-10H,6-8,11H2,1H3,(H2,19,21,23)(H,20,22,24). The Morgan fingerprint density at radius 1 is 1.16 bits per heavy atom. The average molecular weight is 355 g/mol. The van der Waals surface area contributed by atoms with Gasteiger partial charge in [0.2, 0.25) is 5.95 Å². The summed E-state index contributed by atoms with van der Waals surface area (Å²) in [6.45, 7) is 2.28. The van der Waals surface area contributed by atoms with Crippen molar-refractivity contribution in [1.82, 2.24) is 25.2 Å². The van der Waals surface area contributed by atoms with Crippen LogP contribution in [0.3, 0.4) is 0 Å². The van der Waals surface area contributed by atoms with Crippen LogP contribution in [0.25, 0.3) is 0 Å². The lowest BCUT2D eigenvalue weighted by Gasteiger charge is -2.13. The number of guanidine groups is 1. The van der Waals surface area contributed by atoms with Crippen LogP contribution in [0.5, 0.6) is 0 Å². The van der Waals surface area contributed by atoms with Crippen LogP contribution < -0.4 is 16.0 Å². The third-order valence-corrected chi connectivity index (χ3v) is 3.20. The maximum atomic E-state index is 12.6. The van der Waals surface area contributed by atoms with Crippen LogP contribution in [0.4, 0.5) is 19.1 Å². The summed E-state index contributed by atoms with van der Waals surface area (Å²) in [5.74, 6) is 0.547. The van der Waals surface area contributed by atoms with Gasteiger partial charge in [0.15, 0.2) is 5.96 Å². The van der Waals surface area contributed by atoms with E-state index in [4.69, 9.17) is 0 Å². The van der Waals surface area contributed by atoms with E-state index in [0.29, 0.717) is 25.6 Å². The van der Waals surface area contributed by atoms with Gasteiger partial charge in [0.05, 0.1) is 0 Å². The molecule has 136 valence electrons. The Balaban J connectivity index is 1.69. The van der Waals surface area contributed by atoms with E-state index in [0.717, 1.165) is 18.8 Å². The second-order valence-corrected chi connectivity index (χ2v) is 5.04. The molecule has 3 N–H and O–H groups in total. The van der Waals surface area contributed by atoms with Crippen molar-refractivity contribution in [3.63, 3.8) is 0 Å². The average Bonchev–Trinajstić information content (AvgIpc) is 3.10. The number of nitrogens with zero attached hydrogens (tertiary/aromatic N) is 4. The zero-order chi connectivity index (χ0) is 18.1. The highest BCUT2D eigenvalue weighted by atomic mass is 19.4. The van der Waals surface area contributed by atoms with Gasteiger partial charge < -0.3 is 20.5 Å². The normalized spacial score (nSPS) is 12.1. The van der Waals surface area contributed by atoms with E-state index in [9.17, 15) is 13.2 Å². The molecule has 0 atom stereocenters. The molecule has 0 aromatic carbocycles. The predicted octanol–water partition coefficient (Wildman–Crippen LogP) is 1.57. The molecule has 25 heavy (non-hydrogen) atoms. The maximum absolute atomic E-state index is 12.6. The van der Waals surface area contributed by atoms with Gasteiger partial charge in [-0.3, -0.25) is 4.99 Å². The van der Waals surface area contributed by atoms with Crippen LogP contribution >= 0.6 is 0 Å². The van der Waals surface area contributed by atoms with Crippen molar-refractivity contribution in [1.29, 1.82) is 0 Å². The molecule has 0 aliphatic heterocycles. The molecule has 0 unspecified atom stereocenters. The van der Waals surface area contributed by atoms with E-state index in [-0.39, 0.29) is 5.95 Å². The summed E-state index contributed by atoms with van der Waals surface area (Å²) in [4.78, 5) is 11.3. The minimum Gasteiger partial charge on any atom is -0.355 e. The van der Waals surface area contributed by atoms with Crippen LogP contribution in [-0.2, 0) is 12.7 Å². The summed E-state index contributed by atoms with van der Waals surface area (Å²) < 4.78 is 39.8. The predicted molar refractivity (Wildman–Crippen MR) is 89.3 cm³/mol. The number of aliphatic imine (C=N–C) groups is 1. The molecule has 0 aliphatic carbocycles. The lowest BCUT2D eigenvalue weighted by molar-refractivity contribution is -0.141. The summed E-state index contributed by atoms with van der Waals surface area (Å²) >= 11 is 0. The van der Waals surface area contributed by atoms with Crippen molar-refractivity contribution in [3.8, 4) is 0 Å². The number of anilines is 1. The van der Waals surface area contributed by atoms with E-state index in [1.807, 2.05) is 29.1 Å². The molecule has 0 spiro atoms. The molecule has 2 aromatic rings. The fourth-order valence-electron chi connectivity index (χ4n) is 2.00. The Kier molecular flexibility index (Phi) is 6.61. The third-order valence-electron chi connectivity index (χ3n) is 3.20. The number of halogens is 3. The maximum Gasteiger partial charge on any atom is 0.433 e. The Hall–Kier alpha value is -2.78. The Morgan fingerprint density at radius 3 is 2.56 bits per heavy atom. The fourth-order valence-corrected chi connectivity index (χ4v) is 2.00. The molecule has 0 fully saturated rings. The quantitative estimate of drug-likeness (QED) is 0.399. The summed E-state index contributed by atoms with van der Waals surface area (Å²) in [7, 11) is 1.65. The second kappa shape index (κ2) is 8.90. The Morgan fingerprint density at radius 2 is 1.88 bits per heavy atom. The molecule has 2 heterocycles. The van der Waals surface area contributed by atoms with Gasteiger partial charge in [0.1, 0.15) is 5.69 Å². The minimum atomic E-state index is -4.48. The van der Waals surface area contributed by atoms with Gasteiger partial charge in [-0.25, -0.2) is 9.97 Å². The van der Waals surface area contributed by atoms with E-state index < -0.39 is 11.9 Å². The van der Waals surface area contributed by atoms with E-state index >= 15 is 0 Å². The largest absolute Gasteiger partial charge is 0.433 e. The lowest BCUT2D eigenvalue weighted by atomic mass is 10.4. The number of aromatic nitrogens is 3. The van der Waals surface area contributed by atoms with Crippen molar-refractivity contribution in [2.24, 2.45) is 4.99 Å². The van der Waals surface area contributed by atoms with Crippen molar-refractivity contribution in [2.75, 3.05) is 32.0 Å². The highest BCUT2D eigenvalue weighted by molar-refractivity contribution is 5.79. The number of rotatable bonds is 7. The van der Waals surface area contributed by atoms with Crippen molar-refractivity contribution in [2.45, 2.75) is 12.7 Å². The first kappa shape index (κ1) is 18.6. The number of alkyl halides is 3. The topological polar surface area (TPSA) is 79.2 Å². The second-order valence-electron chi connectivity index (χ2n) is 5.04. The van der Waals surface area contributed by atoms with E-state index in [2.05, 4.69) is 30.9 Å². The fraction of sp³-hybridized carbons (Fsp3) is 0.400. The molecule has 0 bridgehead atoms. The van der Waals surface area contributed by atoms with Crippen molar-refractivity contribution < 1.29 is 13.2 Å². The smallest absolute Gasteiger partial charge is 0.355 e. The molecule has 0 aliphatic rings. The number of hydrogen-bond donors (Lipinski definition) is 3. The van der Waals surface area contributed by atoms with Gasteiger partial charge in [-0.1, -0.05) is 0 Å². The van der Waals surface area contributed by atoms with Gasteiger partial charge in [-0.2, -0.15) is 13.2 Å². The highest BCUT2D eigenvalue weighted by Crippen LogP contribution is 2.27. The van der Waals surface area contributed by atoms with E-state index in [1.165, 1.54) is 0 Å². The monoisotopic (exact) mass is 355 g/mol. The van der Waals surface area contributed by atoms with Gasteiger partial charge in [-0.15, -0.1) is 0 Å². The molecule has 0 radical (unpaired) electrons. The summed E-state index contributed by atoms with van der Waals surface area (Å²) in [6.07, 6.45) is 0.532. The van der Waals surface area contributed by atoms with Crippen LogP contribution in [0.15, 0.2) is 41.8 Å². The molecule has 2 aromatic heterocycles. The third kappa shape index (κ3) is 6.32. The zero-order valence-corrected chi connectivity index (χ0v) is 13.7. The molecule has 0 saturated carbocycles. The van der Waals surface area contributed by atoms with Gasteiger partial charge in [0, 0.05) is 51.8 Å². The molecule has 7 nitrogen and oxygen atoms in total. The Labute approximate surface area is 143 Å². The zero-order valence-electron chi connectivity index (χ0n) is 13.7. The summed E-state index contributed by atoms with van der Waals surface area (Å²) in [5, 5.41) is 8.94. The molecule has 2 rings (SSSR count). The van der Waals surface area contributed by atoms with Crippen LogP contribution in [0.2, 0.25) is 0 Å².